The van der Waals surface area contributed by atoms with Gasteiger partial charge in [-0.15, -0.1) is 11.3 Å². The van der Waals surface area contributed by atoms with Crippen LogP contribution in [0.1, 0.15) is 114 Å². The van der Waals surface area contributed by atoms with E-state index < -0.39 is 29.4 Å². The number of esters is 1. The van der Waals surface area contributed by atoms with E-state index in [1.165, 1.54) is 29.1 Å². The van der Waals surface area contributed by atoms with Crippen molar-refractivity contribution in [1.29, 1.82) is 0 Å². The van der Waals surface area contributed by atoms with Crippen LogP contribution in [0.15, 0.2) is 71.0 Å². The molecular formula is C43H55N5O7S. The van der Waals surface area contributed by atoms with E-state index in [1.54, 1.807) is 83.2 Å². The van der Waals surface area contributed by atoms with Crippen LogP contribution in [-0.4, -0.2) is 57.7 Å². The van der Waals surface area contributed by atoms with Crippen LogP contribution >= 0.6 is 11.3 Å². The molecule has 0 radical (unpaired) electrons. The Morgan fingerprint density at radius 3 is 1.91 bits per heavy atom. The predicted octanol–water partition coefficient (Wildman–Crippen LogP) is 9.83. The number of fused-ring (bicyclic) bond motifs is 1. The van der Waals surface area contributed by atoms with Crippen LogP contribution in [-0.2, 0) is 22.4 Å². The Kier molecular flexibility index (Phi) is 13.4. The molecule has 0 aliphatic heterocycles. The van der Waals surface area contributed by atoms with Gasteiger partial charge in [0.1, 0.15) is 22.6 Å². The zero-order valence-corrected chi connectivity index (χ0v) is 35.4. The first-order valence-electron chi connectivity index (χ1n) is 18.5. The molecule has 0 bridgehead atoms. The number of hydrogen-bond acceptors (Lipinski definition) is 10. The molecule has 0 saturated heterocycles. The van der Waals surface area contributed by atoms with Crippen molar-refractivity contribution in [2.45, 2.75) is 107 Å². The summed E-state index contributed by atoms with van der Waals surface area (Å²) in [6.07, 6.45) is -0.686. The van der Waals surface area contributed by atoms with Crippen molar-refractivity contribution < 1.29 is 33.4 Å². The van der Waals surface area contributed by atoms with Crippen molar-refractivity contribution in [2.75, 3.05) is 6.54 Å². The minimum atomic E-state index is -0.831. The van der Waals surface area contributed by atoms with E-state index in [0.29, 0.717) is 41.1 Å². The number of carbonyl (C=O) groups excluding carboxylic acids is 4. The molecule has 4 rings (SSSR count). The summed E-state index contributed by atoms with van der Waals surface area (Å²) >= 11 is 1.73. The molecule has 300 valence electrons. The Labute approximate surface area is 334 Å². The van der Waals surface area contributed by atoms with Crippen LogP contribution in [0.5, 0.6) is 5.75 Å². The maximum absolute atomic E-state index is 13.9. The Hall–Kier alpha value is -5.30. The molecule has 0 unspecified atom stereocenters. The van der Waals surface area contributed by atoms with Crippen molar-refractivity contribution in [3.8, 4) is 5.75 Å². The third-order valence-corrected chi connectivity index (χ3v) is 8.40. The van der Waals surface area contributed by atoms with Gasteiger partial charge in [0.25, 0.3) is 5.91 Å². The van der Waals surface area contributed by atoms with E-state index in [9.17, 15) is 19.2 Å². The number of alkyl carbamates (subject to hydrolysis) is 2. The summed E-state index contributed by atoms with van der Waals surface area (Å²) in [7, 11) is 0. The molecule has 2 heterocycles. The highest BCUT2D eigenvalue weighted by Crippen LogP contribution is 2.28. The quantitative estimate of drug-likeness (QED) is 0.0776. The molecule has 56 heavy (non-hydrogen) atoms. The van der Waals surface area contributed by atoms with Crippen molar-refractivity contribution in [1.82, 2.24) is 20.5 Å². The molecule has 2 N–H and O–H groups in total. The summed E-state index contributed by atoms with van der Waals surface area (Å²) in [5.74, 6) is -0.695. The minimum Gasteiger partial charge on any atom is -0.444 e. The molecule has 0 fully saturated rings. The van der Waals surface area contributed by atoms with Gasteiger partial charge in [-0.1, -0.05) is 47.6 Å². The molecule has 13 heteroatoms. The maximum atomic E-state index is 13.9. The number of amides is 3. The Morgan fingerprint density at radius 1 is 0.750 bits per heavy atom. The lowest BCUT2D eigenvalue weighted by atomic mass is 9.91. The lowest BCUT2D eigenvalue weighted by Crippen LogP contribution is -2.47. The average Bonchev–Trinajstić information content (AvgIpc) is 3.46. The van der Waals surface area contributed by atoms with E-state index >= 15 is 0 Å². The predicted molar refractivity (Wildman–Crippen MR) is 221 cm³/mol. The van der Waals surface area contributed by atoms with E-state index in [4.69, 9.17) is 19.2 Å². The van der Waals surface area contributed by atoms with Crippen LogP contribution < -0.4 is 15.4 Å². The number of aliphatic imine (C=N–C) groups is 1. The van der Waals surface area contributed by atoms with Crippen LogP contribution in [0.3, 0.4) is 0 Å². The summed E-state index contributed by atoms with van der Waals surface area (Å²) in [6.45, 7) is 24.3. The number of nitrogens with one attached hydrogen (secondary N) is 2. The molecule has 4 aromatic rings. The second kappa shape index (κ2) is 17.2. The van der Waals surface area contributed by atoms with Crippen molar-refractivity contribution >= 4 is 57.9 Å². The Bertz CT molecular complexity index is 2050. The fourth-order valence-electron chi connectivity index (χ4n) is 5.42. The zero-order chi connectivity index (χ0) is 41.6. The fraction of sp³-hybridized carbons (Fsp3) is 0.442. The smallest absolute Gasteiger partial charge is 0.414 e. The summed E-state index contributed by atoms with van der Waals surface area (Å²) in [4.78, 5) is 64.1. The van der Waals surface area contributed by atoms with E-state index in [2.05, 4.69) is 68.6 Å². The first-order chi connectivity index (χ1) is 25.8. The summed E-state index contributed by atoms with van der Waals surface area (Å²) in [5, 5.41) is 7.68. The monoisotopic (exact) mass is 785 g/mol. The van der Waals surface area contributed by atoms with Crippen molar-refractivity contribution in [3.63, 3.8) is 0 Å². The van der Waals surface area contributed by atoms with Gasteiger partial charge in [0.2, 0.25) is 5.96 Å². The molecule has 0 aliphatic carbocycles. The molecule has 2 aromatic carbocycles. The van der Waals surface area contributed by atoms with E-state index in [0.717, 1.165) is 12.0 Å². The third kappa shape index (κ3) is 14.4. The largest absolute Gasteiger partial charge is 0.444 e. The Morgan fingerprint density at radius 2 is 1.36 bits per heavy atom. The summed E-state index contributed by atoms with van der Waals surface area (Å²) in [5.41, 5.74) is 1.06. The van der Waals surface area contributed by atoms with Gasteiger partial charge in [-0.2, -0.15) is 0 Å². The number of rotatable bonds is 8. The van der Waals surface area contributed by atoms with Gasteiger partial charge in [0.15, 0.2) is 0 Å². The van der Waals surface area contributed by atoms with Gasteiger partial charge >= 0.3 is 18.2 Å². The number of thiophene rings is 1. The number of guanidine groups is 1. The molecule has 12 nitrogen and oxygen atoms in total. The lowest BCUT2D eigenvalue weighted by molar-refractivity contribution is 0.0543. The molecular weight excluding hydrogens is 731 g/mol. The van der Waals surface area contributed by atoms with Crippen molar-refractivity contribution in [3.05, 3.63) is 87.7 Å². The molecule has 0 saturated carbocycles. The summed E-state index contributed by atoms with van der Waals surface area (Å²) < 4.78 is 16.3. The molecule has 3 amide bonds. The van der Waals surface area contributed by atoms with Crippen LogP contribution in [0.25, 0.3) is 10.9 Å². The van der Waals surface area contributed by atoms with E-state index in [1.807, 2.05) is 4.90 Å². The van der Waals surface area contributed by atoms with Gasteiger partial charge in [0.05, 0.1) is 16.8 Å². The molecule has 0 atom stereocenters. The second-order valence-corrected chi connectivity index (χ2v) is 19.1. The van der Waals surface area contributed by atoms with Gasteiger partial charge in [-0.25, -0.2) is 24.4 Å². The van der Waals surface area contributed by atoms with Crippen LogP contribution in [0.4, 0.5) is 15.3 Å². The number of hydrogen-bond donors (Lipinski definition) is 2. The number of carbonyl (C=O) groups is 4. The normalized spacial score (nSPS) is 12.1. The number of aromatic nitrogens is 1. The second-order valence-electron chi connectivity index (χ2n) is 18.1. The van der Waals surface area contributed by atoms with Gasteiger partial charge in [0, 0.05) is 23.4 Å². The highest BCUT2D eigenvalue weighted by molar-refractivity contribution is 7.10. The van der Waals surface area contributed by atoms with Gasteiger partial charge < -0.3 is 19.1 Å². The summed E-state index contributed by atoms with van der Waals surface area (Å²) in [6, 6.07) is 16.8. The number of pyridine rings is 1. The fourth-order valence-corrected chi connectivity index (χ4v) is 6.60. The lowest BCUT2D eigenvalue weighted by Gasteiger charge is -2.29. The topological polar surface area (TPSA) is 149 Å². The molecule has 0 aliphatic rings. The molecule has 0 spiro atoms. The highest BCUT2D eigenvalue weighted by Gasteiger charge is 2.25. The standard InChI is InChI=1S/C43H55N5O7S/c1-40(2,3)23-32-21-27(25-56-32)24-48(26-41(4,5)6)35(49)34-19-15-29-22-31(18-20-33(29)45-34)53-36(50)28-13-16-30(17-14-28)44-37(46-38(51)54-42(7,8)9)47-39(52)55-43(10,11)12/h13-22,25H,23-24,26H2,1-12H3,(H2,44,46,47,51,52). The number of nitrogens with zero attached hydrogens (tertiary/aromatic N) is 3. The average molecular weight is 786 g/mol. The SMILES string of the molecule is CC(C)(C)Cc1cc(CN(CC(C)(C)C)C(=O)c2ccc3cc(OC(=O)c4ccc(N=C(NC(=O)OC(C)(C)C)NC(=O)OC(C)(C)C)cc4)ccc3n2)cs1. The number of ether oxygens (including phenoxy) is 3. The van der Waals surface area contributed by atoms with Crippen molar-refractivity contribution in [2.24, 2.45) is 15.8 Å². The Balaban J connectivity index is 1.47. The van der Waals surface area contributed by atoms with Gasteiger partial charge in [-0.05, 0) is 124 Å². The minimum absolute atomic E-state index is 0.121. The van der Waals surface area contributed by atoms with Gasteiger partial charge in [-0.3, -0.25) is 15.4 Å². The first kappa shape index (κ1) is 43.4. The zero-order valence-electron chi connectivity index (χ0n) is 34.6. The first-order valence-corrected chi connectivity index (χ1v) is 19.4. The molecule has 2 aromatic heterocycles. The third-order valence-electron chi connectivity index (χ3n) is 7.41. The van der Waals surface area contributed by atoms with E-state index in [-0.39, 0.29) is 28.3 Å². The van der Waals surface area contributed by atoms with Crippen LogP contribution in [0.2, 0.25) is 0 Å². The van der Waals surface area contributed by atoms with Crippen LogP contribution in [0, 0.1) is 10.8 Å². The highest BCUT2D eigenvalue weighted by atomic mass is 32.1. The number of benzene rings is 2. The maximum Gasteiger partial charge on any atom is 0.414 e.